The molecule has 4 nitrogen and oxygen atoms in total. The summed E-state index contributed by atoms with van der Waals surface area (Å²) in [7, 11) is -3.25. The van der Waals surface area contributed by atoms with Gasteiger partial charge in [-0.1, -0.05) is 0 Å². The quantitative estimate of drug-likeness (QED) is 0.800. The summed E-state index contributed by atoms with van der Waals surface area (Å²) in [5.74, 6) is 0.574. The lowest BCUT2D eigenvalue weighted by Crippen LogP contribution is -2.32. The van der Waals surface area contributed by atoms with Crippen molar-refractivity contribution < 1.29 is 13.2 Å². The van der Waals surface area contributed by atoms with Crippen LogP contribution in [0.1, 0.15) is 13.8 Å². The van der Waals surface area contributed by atoms with E-state index in [1.807, 2.05) is 13.8 Å². The maximum atomic E-state index is 11.5. The van der Waals surface area contributed by atoms with Crippen molar-refractivity contribution in [3.63, 3.8) is 0 Å². The van der Waals surface area contributed by atoms with Gasteiger partial charge >= 0.3 is 0 Å². The van der Waals surface area contributed by atoms with Gasteiger partial charge in [-0.15, -0.1) is 0 Å². The van der Waals surface area contributed by atoms with Crippen LogP contribution in [0.2, 0.25) is 0 Å². The van der Waals surface area contributed by atoms with Crippen LogP contribution in [-0.4, -0.2) is 26.5 Å². The number of halogens is 1. The summed E-state index contributed by atoms with van der Waals surface area (Å²) in [5.41, 5.74) is 0.0430. The highest BCUT2D eigenvalue weighted by Crippen LogP contribution is 2.41. The van der Waals surface area contributed by atoms with E-state index in [2.05, 4.69) is 20.9 Å². The molecule has 0 saturated heterocycles. The molecule has 0 fully saturated rings. The molecule has 2 rings (SSSR count). The Kier molecular flexibility index (Phi) is 2.82. The summed E-state index contributed by atoms with van der Waals surface area (Å²) >= 11 is 3.31. The maximum absolute atomic E-state index is 11.5. The average Bonchev–Trinajstić information content (AvgIpc) is 2.16. The van der Waals surface area contributed by atoms with Crippen LogP contribution < -0.4 is 4.74 Å². The van der Waals surface area contributed by atoms with Gasteiger partial charge in [0.2, 0.25) is 0 Å². The average molecular weight is 318 g/mol. The van der Waals surface area contributed by atoms with Gasteiger partial charge in [0.1, 0.15) is 11.3 Å². The molecule has 92 valence electrons. The predicted octanol–water partition coefficient (Wildman–Crippen LogP) is 2.73. The second-order valence-electron chi connectivity index (χ2n) is 4.49. The monoisotopic (exact) mass is 317 g/mol. The van der Waals surface area contributed by atoms with E-state index in [-0.39, 0.29) is 4.90 Å². The highest BCUT2D eigenvalue weighted by molar-refractivity contribution is 9.10. The maximum Gasteiger partial charge on any atom is 0.175 e. The van der Waals surface area contributed by atoms with Crippen LogP contribution in [0.15, 0.2) is 26.5 Å². The van der Waals surface area contributed by atoms with Crippen LogP contribution in [0.4, 0.5) is 5.69 Å². The molecule has 0 N–H and O–H groups in total. The first-order valence-corrected chi connectivity index (χ1v) is 7.65. The highest BCUT2D eigenvalue weighted by Gasteiger charge is 2.26. The molecule has 0 atom stereocenters. The number of rotatable bonds is 1. The molecule has 1 aromatic carbocycles. The van der Waals surface area contributed by atoms with E-state index < -0.39 is 15.4 Å². The lowest BCUT2D eigenvalue weighted by atomic mass is 10.1. The Labute approximate surface area is 109 Å². The molecule has 0 spiro atoms. The number of benzene rings is 1. The van der Waals surface area contributed by atoms with E-state index >= 15 is 0 Å². The minimum atomic E-state index is -3.25. The fourth-order valence-electron chi connectivity index (χ4n) is 1.48. The molecule has 17 heavy (non-hydrogen) atoms. The van der Waals surface area contributed by atoms with E-state index in [0.717, 1.165) is 0 Å². The summed E-state index contributed by atoms with van der Waals surface area (Å²) < 4.78 is 29.3. The van der Waals surface area contributed by atoms with Gasteiger partial charge in [-0.25, -0.2) is 8.42 Å². The van der Waals surface area contributed by atoms with Crippen molar-refractivity contribution in [2.75, 3.05) is 6.26 Å². The standard InChI is InChI=1S/C11H12BrNO3S/c1-11(2)6-13-9-5-7(17(3,14)15)4-8(12)10(9)16-11/h4-6H,1-3H3. The Hall–Kier alpha value is -0.880. The Morgan fingerprint density at radius 1 is 1.35 bits per heavy atom. The summed E-state index contributed by atoms with van der Waals surface area (Å²) in [6.07, 6.45) is 2.83. The van der Waals surface area contributed by atoms with Gasteiger partial charge in [0.15, 0.2) is 15.6 Å². The fraction of sp³-hybridized carbons (Fsp3) is 0.364. The van der Waals surface area contributed by atoms with E-state index in [1.165, 1.54) is 18.4 Å². The van der Waals surface area contributed by atoms with Crippen LogP contribution in [-0.2, 0) is 9.84 Å². The minimum absolute atomic E-state index is 0.226. The third kappa shape index (κ3) is 2.52. The van der Waals surface area contributed by atoms with Crippen molar-refractivity contribution in [1.29, 1.82) is 0 Å². The zero-order valence-electron chi connectivity index (χ0n) is 9.69. The minimum Gasteiger partial charge on any atom is -0.479 e. The first-order valence-electron chi connectivity index (χ1n) is 4.97. The number of fused-ring (bicyclic) bond motifs is 1. The summed E-state index contributed by atoms with van der Waals surface area (Å²) in [6.45, 7) is 3.77. The molecule has 0 radical (unpaired) electrons. The molecular formula is C11H12BrNO3S. The molecule has 0 saturated carbocycles. The third-order valence-corrected chi connectivity index (χ3v) is 3.99. The first kappa shape index (κ1) is 12.6. The van der Waals surface area contributed by atoms with Crippen LogP contribution >= 0.6 is 15.9 Å². The van der Waals surface area contributed by atoms with Crippen LogP contribution in [0.5, 0.6) is 5.75 Å². The smallest absolute Gasteiger partial charge is 0.175 e. The summed E-state index contributed by atoms with van der Waals surface area (Å²) in [4.78, 5) is 4.46. The largest absolute Gasteiger partial charge is 0.479 e. The molecule has 6 heteroatoms. The third-order valence-electron chi connectivity index (χ3n) is 2.31. The Balaban J connectivity index is 2.62. The fourth-order valence-corrected chi connectivity index (χ4v) is 2.82. The molecule has 0 amide bonds. The van der Waals surface area contributed by atoms with Gasteiger partial charge in [0, 0.05) is 12.5 Å². The Morgan fingerprint density at radius 3 is 2.59 bits per heavy atom. The zero-order chi connectivity index (χ0) is 12.8. The molecule has 1 aliphatic rings. The number of hydrogen-bond acceptors (Lipinski definition) is 4. The predicted molar refractivity (Wildman–Crippen MR) is 70.1 cm³/mol. The molecule has 1 aliphatic heterocycles. The number of nitrogens with zero attached hydrogens (tertiary/aromatic N) is 1. The van der Waals surface area contributed by atoms with E-state index in [1.54, 1.807) is 6.21 Å². The van der Waals surface area contributed by atoms with Gasteiger partial charge in [-0.2, -0.15) is 0 Å². The molecule has 0 unspecified atom stereocenters. The van der Waals surface area contributed by atoms with Gasteiger partial charge < -0.3 is 4.74 Å². The number of hydrogen-bond donors (Lipinski definition) is 0. The molecular weight excluding hydrogens is 306 g/mol. The highest BCUT2D eigenvalue weighted by atomic mass is 79.9. The summed E-state index contributed by atoms with van der Waals surface area (Å²) in [6, 6.07) is 3.05. The second-order valence-corrected chi connectivity index (χ2v) is 7.36. The summed E-state index contributed by atoms with van der Waals surface area (Å²) in [5, 5.41) is 0. The van der Waals surface area contributed by atoms with Gasteiger partial charge in [0.05, 0.1) is 9.37 Å². The Morgan fingerprint density at radius 2 is 2.00 bits per heavy atom. The van der Waals surface area contributed by atoms with E-state index in [9.17, 15) is 8.42 Å². The van der Waals surface area contributed by atoms with Crippen molar-refractivity contribution in [1.82, 2.24) is 0 Å². The second kappa shape index (κ2) is 3.81. The van der Waals surface area contributed by atoms with Crippen LogP contribution in [0, 0.1) is 0 Å². The lowest BCUT2D eigenvalue weighted by molar-refractivity contribution is 0.183. The SMILES string of the molecule is CC1(C)C=Nc2cc(S(C)(=O)=O)cc(Br)c2O1. The van der Waals surface area contributed by atoms with Crippen molar-refractivity contribution in [3.8, 4) is 5.75 Å². The van der Waals surface area contributed by atoms with Crippen molar-refractivity contribution in [3.05, 3.63) is 16.6 Å². The first-order chi connectivity index (χ1) is 7.69. The van der Waals surface area contributed by atoms with Gasteiger partial charge in [-0.05, 0) is 41.9 Å². The van der Waals surface area contributed by atoms with Crippen LogP contribution in [0.25, 0.3) is 0 Å². The van der Waals surface area contributed by atoms with Gasteiger partial charge in [-0.3, -0.25) is 4.99 Å². The zero-order valence-corrected chi connectivity index (χ0v) is 12.1. The van der Waals surface area contributed by atoms with E-state index in [0.29, 0.717) is 15.9 Å². The Bertz CT molecular complexity index is 605. The van der Waals surface area contributed by atoms with E-state index in [4.69, 9.17) is 4.74 Å². The topological polar surface area (TPSA) is 55.7 Å². The lowest BCUT2D eigenvalue weighted by Gasteiger charge is -2.27. The molecule has 0 aromatic heterocycles. The van der Waals surface area contributed by atoms with Crippen LogP contribution in [0.3, 0.4) is 0 Å². The van der Waals surface area contributed by atoms with Crippen molar-refractivity contribution in [2.45, 2.75) is 24.3 Å². The number of aliphatic imine (C=N–C) groups is 1. The molecule has 0 aliphatic carbocycles. The molecule has 1 heterocycles. The van der Waals surface area contributed by atoms with Crippen molar-refractivity contribution in [2.24, 2.45) is 4.99 Å². The normalized spacial score (nSPS) is 17.4. The molecule has 1 aromatic rings. The molecule has 0 bridgehead atoms. The number of ether oxygens (including phenoxy) is 1. The van der Waals surface area contributed by atoms with Crippen molar-refractivity contribution >= 4 is 37.7 Å². The van der Waals surface area contributed by atoms with Gasteiger partial charge in [0.25, 0.3) is 0 Å². The number of sulfone groups is 1.